The summed E-state index contributed by atoms with van der Waals surface area (Å²) in [5.74, 6) is -0.0219. The second-order valence-electron chi connectivity index (χ2n) is 6.02. The van der Waals surface area contributed by atoms with Crippen molar-refractivity contribution in [2.75, 3.05) is 6.54 Å². The number of aryl methyl sites for hydroxylation is 1. The number of aromatic amines is 1. The van der Waals surface area contributed by atoms with Gasteiger partial charge in [-0.15, -0.1) is 0 Å². The molecule has 0 bridgehead atoms. The fourth-order valence-electron chi connectivity index (χ4n) is 3.02. The summed E-state index contributed by atoms with van der Waals surface area (Å²) < 4.78 is 2.08. The van der Waals surface area contributed by atoms with E-state index in [0.29, 0.717) is 18.8 Å². The molecule has 0 atom stereocenters. The molecule has 24 heavy (non-hydrogen) atoms. The molecule has 6 nitrogen and oxygen atoms in total. The van der Waals surface area contributed by atoms with Crippen molar-refractivity contribution in [1.82, 2.24) is 24.6 Å². The number of benzene rings is 1. The second kappa shape index (κ2) is 5.96. The van der Waals surface area contributed by atoms with E-state index >= 15 is 0 Å². The predicted octanol–water partition coefficient (Wildman–Crippen LogP) is 2.49. The highest BCUT2D eigenvalue weighted by Gasteiger charge is 2.23. The molecule has 1 N–H and O–H groups in total. The molecule has 3 aromatic rings. The molecule has 0 saturated heterocycles. The summed E-state index contributed by atoms with van der Waals surface area (Å²) in [6, 6.07) is 10.1. The molecule has 122 valence electrons. The molecule has 2 aromatic heterocycles. The number of amides is 1. The standard InChI is InChI=1S/C18H19N5O/c1-2-13-3-5-14(6-4-13)16-9-17(21-20-16)18(24)22-7-8-23-12-19-10-15(23)11-22/h3-6,9-10,12H,2,7-8,11H2,1H3,(H,20,21). The van der Waals surface area contributed by atoms with Crippen LogP contribution in [0.5, 0.6) is 0 Å². The minimum Gasteiger partial charge on any atom is -0.331 e. The zero-order valence-electron chi connectivity index (χ0n) is 13.6. The molecule has 0 fully saturated rings. The summed E-state index contributed by atoms with van der Waals surface area (Å²) in [6.07, 6.45) is 4.63. The van der Waals surface area contributed by atoms with E-state index in [2.05, 4.69) is 38.8 Å². The lowest BCUT2D eigenvalue weighted by molar-refractivity contribution is 0.0705. The van der Waals surface area contributed by atoms with E-state index in [0.717, 1.165) is 29.9 Å². The Morgan fingerprint density at radius 1 is 1.25 bits per heavy atom. The molecule has 1 aromatic carbocycles. The third kappa shape index (κ3) is 2.60. The minimum absolute atomic E-state index is 0.0219. The molecule has 1 aliphatic heterocycles. The summed E-state index contributed by atoms with van der Waals surface area (Å²) >= 11 is 0. The zero-order valence-corrected chi connectivity index (χ0v) is 13.6. The van der Waals surface area contributed by atoms with E-state index < -0.39 is 0 Å². The normalized spacial score (nSPS) is 13.8. The van der Waals surface area contributed by atoms with E-state index in [1.165, 1.54) is 5.56 Å². The van der Waals surface area contributed by atoms with Crippen LogP contribution in [-0.2, 0) is 19.5 Å². The van der Waals surface area contributed by atoms with Gasteiger partial charge in [0.25, 0.3) is 5.91 Å². The van der Waals surface area contributed by atoms with Crippen molar-refractivity contribution in [1.29, 1.82) is 0 Å². The van der Waals surface area contributed by atoms with Crippen molar-refractivity contribution in [2.24, 2.45) is 0 Å². The first-order valence-corrected chi connectivity index (χ1v) is 8.17. The molecular weight excluding hydrogens is 302 g/mol. The van der Waals surface area contributed by atoms with Gasteiger partial charge >= 0.3 is 0 Å². The lowest BCUT2D eigenvalue weighted by atomic mass is 10.1. The molecular formula is C18H19N5O. The van der Waals surface area contributed by atoms with Gasteiger partial charge in [0.1, 0.15) is 5.69 Å². The van der Waals surface area contributed by atoms with Gasteiger partial charge in [-0.3, -0.25) is 9.89 Å². The average Bonchev–Trinajstić information content (AvgIpc) is 3.30. The van der Waals surface area contributed by atoms with Crippen LogP contribution in [0.25, 0.3) is 11.3 Å². The smallest absolute Gasteiger partial charge is 0.272 e. The van der Waals surface area contributed by atoms with E-state index in [4.69, 9.17) is 0 Å². The van der Waals surface area contributed by atoms with Gasteiger partial charge in [0, 0.05) is 24.8 Å². The third-order valence-corrected chi connectivity index (χ3v) is 4.52. The minimum atomic E-state index is -0.0219. The number of aromatic nitrogens is 4. The SMILES string of the molecule is CCc1ccc(-c2cc(C(=O)N3CCn4cncc4C3)[nH]n2)cc1. The quantitative estimate of drug-likeness (QED) is 0.806. The van der Waals surface area contributed by atoms with Crippen LogP contribution in [0, 0.1) is 0 Å². The largest absolute Gasteiger partial charge is 0.331 e. The van der Waals surface area contributed by atoms with Gasteiger partial charge in [-0.1, -0.05) is 31.2 Å². The summed E-state index contributed by atoms with van der Waals surface area (Å²) in [6.45, 7) is 4.17. The van der Waals surface area contributed by atoms with Gasteiger partial charge in [0.15, 0.2) is 0 Å². The molecule has 0 saturated carbocycles. The van der Waals surface area contributed by atoms with Gasteiger partial charge in [-0.2, -0.15) is 5.10 Å². The second-order valence-corrected chi connectivity index (χ2v) is 6.02. The van der Waals surface area contributed by atoms with Crippen LogP contribution in [0.1, 0.15) is 28.7 Å². The number of imidazole rings is 1. The molecule has 1 aliphatic rings. The Kier molecular flexibility index (Phi) is 3.65. The Balaban J connectivity index is 1.53. The Morgan fingerprint density at radius 3 is 2.88 bits per heavy atom. The number of carbonyl (C=O) groups is 1. The molecule has 0 aliphatic carbocycles. The van der Waals surface area contributed by atoms with Gasteiger partial charge in [0.2, 0.25) is 0 Å². The Morgan fingerprint density at radius 2 is 2.08 bits per heavy atom. The van der Waals surface area contributed by atoms with Crippen LogP contribution in [0.4, 0.5) is 0 Å². The topological polar surface area (TPSA) is 66.8 Å². The summed E-state index contributed by atoms with van der Waals surface area (Å²) in [7, 11) is 0. The first-order valence-electron chi connectivity index (χ1n) is 8.17. The first kappa shape index (κ1) is 14.7. The molecule has 3 heterocycles. The number of rotatable bonds is 3. The van der Waals surface area contributed by atoms with E-state index in [9.17, 15) is 4.79 Å². The molecule has 0 radical (unpaired) electrons. The van der Waals surface area contributed by atoms with Gasteiger partial charge in [-0.05, 0) is 18.1 Å². The zero-order chi connectivity index (χ0) is 16.5. The number of carbonyl (C=O) groups excluding carboxylic acids is 1. The van der Waals surface area contributed by atoms with Gasteiger partial charge in [0.05, 0.1) is 24.3 Å². The number of nitrogens with one attached hydrogen (secondary N) is 1. The number of H-pyrrole nitrogens is 1. The van der Waals surface area contributed by atoms with Crippen molar-refractivity contribution < 1.29 is 4.79 Å². The molecule has 0 unspecified atom stereocenters. The van der Waals surface area contributed by atoms with Crippen LogP contribution in [0.3, 0.4) is 0 Å². The highest BCUT2D eigenvalue weighted by Crippen LogP contribution is 2.20. The third-order valence-electron chi connectivity index (χ3n) is 4.52. The van der Waals surface area contributed by atoms with E-state index in [1.807, 2.05) is 35.6 Å². The van der Waals surface area contributed by atoms with E-state index in [1.54, 1.807) is 0 Å². The lowest BCUT2D eigenvalue weighted by Crippen LogP contribution is -2.38. The Hall–Kier alpha value is -2.89. The Bertz CT molecular complexity index is 862. The van der Waals surface area contributed by atoms with Gasteiger partial charge in [-0.25, -0.2) is 4.98 Å². The lowest BCUT2D eigenvalue weighted by Gasteiger charge is -2.27. The van der Waals surface area contributed by atoms with E-state index in [-0.39, 0.29) is 5.91 Å². The number of fused-ring (bicyclic) bond motifs is 1. The van der Waals surface area contributed by atoms with Crippen LogP contribution in [0.2, 0.25) is 0 Å². The van der Waals surface area contributed by atoms with Crippen molar-refractivity contribution >= 4 is 5.91 Å². The Labute approximate surface area is 140 Å². The van der Waals surface area contributed by atoms with Crippen LogP contribution in [-0.4, -0.2) is 37.1 Å². The summed E-state index contributed by atoms with van der Waals surface area (Å²) in [5.41, 5.74) is 4.68. The number of hydrogen-bond acceptors (Lipinski definition) is 3. The molecule has 0 spiro atoms. The number of nitrogens with zero attached hydrogens (tertiary/aromatic N) is 4. The molecule has 6 heteroatoms. The van der Waals surface area contributed by atoms with Crippen LogP contribution in [0.15, 0.2) is 42.9 Å². The molecule has 1 amide bonds. The average molecular weight is 321 g/mol. The van der Waals surface area contributed by atoms with Crippen molar-refractivity contribution in [3.05, 3.63) is 59.8 Å². The summed E-state index contributed by atoms with van der Waals surface area (Å²) in [5, 5.41) is 7.19. The first-order chi connectivity index (χ1) is 11.7. The van der Waals surface area contributed by atoms with Crippen LogP contribution >= 0.6 is 0 Å². The van der Waals surface area contributed by atoms with Crippen molar-refractivity contribution in [3.63, 3.8) is 0 Å². The molecule has 4 rings (SSSR count). The highest BCUT2D eigenvalue weighted by molar-refractivity contribution is 5.93. The van der Waals surface area contributed by atoms with Crippen molar-refractivity contribution in [2.45, 2.75) is 26.4 Å². The fraction of sp³-hybridized carbons (Fsp3) is 0.278. The van der Waals surface area contributed by atoms with Crippen LogP contribution < -0.4 is 0 Å². The van der Waals surface area contributed by atoms with Gasteiger partial charge < -0.3 is 9.47 Å². The monoisotopic (exact) mass is 321 g/mol. The predicted molar refractivity (Wildman–Crippen MR) is 90.4 cm³/mol. The summed E-state index contributed by atoms with van der Waals surface area (Å²) in [4.78, 5) is 18.7. The maximum Gasteiger partial charge on any atom is 0.272 e. The number of hydrogen-bond donors (Lipinski definition) is 1. The maximum atomic E-state index is 12.7. The van der Waals surface area contributed by atoms with Crippen molar-refractivity contribution in [3.8, 4) is 11.3 Å². The maximum absolute atomic E-state index is 12.7. The fourth-order valence-corrected chi connectivity index (χ4v) is 3.02. The highest BCUT2D eigenvalue weighted by atomic mass is 16.2.